The van der Waals surface area contributed by atoms with E-state index in [1.807, 2.05) is 24.3 Å². The topological polar surface area (TPSA) is 83.4 Å². The number of aromatic nitrogens is 1. The lowest BCUT2D eigenvalue weighted by Gasteiger charge is -2.23. The molecule has 0 bridgehead atoms. The number of aliphatic hydroxyl groups excluding tert-OH is 1. The van der Waals surface area contributed by atoms with E-state index >= 15 is 0 Å². The van der Waals surface area contributed by atoms with Gasteiger partial charge in [0.25, 0.3) is 11.8 Å². The number of hydrogen-bond donors (Lipinski definition) is 3. The minimum absolute atomic E-state index is 0.0642. The predicted octanol–water partition coefficient (Wildman–Crippen LogP) is 4.85. The lowest BCUT2D eigenvalue weighted by molar-refractivity contribution is 0.0880. The summed E-state index contributed by atoms with van der Waals surface area (Å²) < 4.78 is 2.18. The zero-order valence-electron chi connectivity index (χ0n) is 19.2. The molecule has 178 valence electrons. The zero-order chi connectivity index (χ0) is 24.1. The van der Waals surface area contributed by atoms with E-state index < -0.39 is 5.91 Å². The van der Waals surface area contributed by atoms with E-state index in [2.05, 4.69) is 33.4 Å². The van der Waals surface area contributed by atoms with Crippen LogP contribution in [0.25, 0.3) is 32.9 Å². The highest BCUT2D eigenvalue weighted by molar-refractivity contribution is 6.36. The van der Waals surface area contributed by atoms with Crippen LogP contribution >= 0.6 is 11.6 Å². The lowest BCUT2D eigenvalue weighted by Crippen LogP contribution is -2.28. The van der Waals surface area contributed by atoms with Crippen molar-refractivity contribution in [1.29, 1.82) is 0 Å². The third kappa shape index (κ3) is 3.56. The number of imide groups is 1. The first-order chi connectivity index (χ1) is 17.1. The molecule has 1 atom stereocenters. The Bertz CT molecular complexity index is 1500. The maximum Gasteiger partial charge on any atom is 0.259 e. The van der Waals surface area contributed by atoms with Gasteiger partial charge in [-0.05, 0) is 61.1 Å². The normalized spacial score (nSPS) is 17.8. The molecule has 3 N–H and O–H groups in total. The van der Waals surface area contributed by atoms with Crippen LogP contribution in [0.2, 0.25) is 5.02 Å². The van der Waals surface area contributed by atoms with E-state index in [1.54, 1.807) is 6.07 Å². The van der Waals surface area contributed by atoms with Crippen LogP contribution in [0.1, 0.15) is 51.5 Å². The molecule has 6 nitrogen and oxygen atoms in total. The number of benzene rings is 3. The average Bonchev–Trinajstić information content (AvgIpc) is 3.35. The molecule has 1 aromatic heterocycles. The molecule has 2 aliphatic rings. The number of fused-ring (bicyclic) bond motifs is 5. The summed E-state index contributed by atoms with van der Waals surface area (Å²) in [6.45, 7) is 2.66. The number of piperidine rings is 1. The first-order valence-electron chi connectivity index (χ1n) is 12.1. The molecule has 0 spiro atoms. The fourth-order valence-electron chi connectivity index (χ4n) is 5.71. The highest BCUT2D eigenvalue weighted by atomic mass is 35.5. The van der Waals surface area contributed by atoms with Crippen molar-refractivity contribution in [2.75, 3.05) is 19.7 Å². The van der Waals surface area contributed by atoms with Gasteiger partial charge < -0.3 is 15.0 Å². The van der Waals surface area contributed by atoms with Crippen molar-refractivity contribution in [2.24, 2.45) is 0 Å². The second-order valence-corrected chi connectivity index (χ2v) is 9.79. The van der Waals surface area contributed by atoms with Crippen LogP contribution < -0.4 is 10.6 Å². The van der Waals surface area contributed by atoms with Gasteiger partial charge in [-0.15, -0.1) is 0 Å². The Balaban J connectivity index is 1.69. The van der Waals surface area contributed by atoms with Crippen LogP contribution in [0.15, 0.2) is 48.5 Å². The van der Waals surface area contributed by atoms with Gasteiger partial charge in [0.15, 0.2) is 0 Å². The minimum Gasteiger partial charge on any atom is -0.396 e. The summed E-state index contributed by atoms with van der Waals surface area (Å²) in [5.74, 6) is -0.347. The number of halogens is 1. The molecule has 1 unspecified atom stereocenters. The summed E-state index contributed by atoms with van der Waals surface area (Å²) >= 11 is 6.54. The molecule has 0 saturated carbocycles. The number of nitrogens with one attached hydrogen (secondary N) is 2. The third-order valence-electron chi connectivity index (χ3n) is 7.33. The first-order valence-corrected chi connectivity index (χ1v) is 12.5. The maximum absolute atomic E-state index is 13.1. The Morgan fingerprint density at radius 1 is 1.00 bits per heavy atom. The molecule has 0 aliphatic carbocycles. The summed E-state index contributed by atoms with van der Waals surface area (Å²) in [6.07, 6.45) is 2.86. The maximum atomic E-state index is 13.1. The highest BCUT2D eigenvalue weighted by Gasteiger charge is 2.35. The van der Waals surface area contributed by atoms with Gasteiger partial charge in [-0.25, -0.2) is 0 Å². The van der Waals surface area contributed by atoms with Crippen molar-refractivity contribution in [3.05, 3.63) is 70.2 Å². The second kappa shape index (κ2) is 8.79. The number of hydrogen-bond acceptors (Lipinski definition) is 4. The summed E-state index contributed by atoms with van der Waals surface area (Å²) in [7, 11) is 0. The van der Waals surface area contributed by atoms with Gasteiger partial charge in [0.1, 0.15) is 0 Å². The van der Waals surface area contributed by atoms with Crippen molar-refractivity contribution in [3.8, 4) is 11.1 Å². The van der Waals surface area contributed by atoms with Crippen LogP contribution in [0.5, 0.6) is 0 Å². The molecular weight excluding hydrogens is 462 g/mol. The Labute approximate surface area is 207 Å². The van der Waals surface area contributed by atoms with Crippen LogP contribution in [-0.4, -0.2) is 41.2 Å². The smallest absolute Gasteiger partial charge is 0.259 e. The SMILES string of the molecule is O=C1NC(=O)c2c1c(-c1ccccc1Cl)cc1c2c2ccc(C3CCCNC3)cc2n1CCCO. The molecule has 3 aromatic carbocycles. The summed E-state index contributed by atoms with van der Waals surface area (Å²) in [4.78, 5) is 26.1. The Morgan fingerprint density at radius 3 is 2.60 bits per heavy atom. The van der Waals surface area contributed by atoms with Gasteiger partial charge in [0.2, 0.25) is 0 Å². The van der Waals surface area contributed by atoms with Gasteiger partial charge in [-0.2, -0.15) is 0 Å². The molecule has 2 amide bonds. The van der Waals surface area contributed by atoms with E-state index in [9.17, 15) is 14.7 Å². The summed E-state index contributed by atoms with van der Waals surface area (Å²) in [5, 5.41) is 17.9. The van der Waals surface area contributed by atoms with E-state index in [0.29, 0.717) is 46.2 Å². The number of aryl methyl sites for hydroxylation is 1. The minimum atomic E-state index is -0.400. The molecular formula is C28H26ClN3O3. The van der Waals surface area contributed by atoms with E-state index in [4.69, 9.17) is 11.6 Å². The summed E-state index contributed by atoms with van der Waals surface area (Å²) in [5.41, 5.74) is 5.28. The number of carbonyl (C=O) groups excluding carboxylic acids is 2. The molecule has 1 saturated heterocycles. The van der Waals surface area contributed by atoms with Gasteiger partial charge >= 0.3 is 0 Å². The van der Waals surface area contributed by atoms with E-state index in [-0.39, 0.29) is 12.5 Å². The first kappa shape index (κ1) is 22.3. The van der Waals surface area contributed by atoms with Crippen molar-refractivity contribution < 1.29 is 14.7 Å². The van der Waals surface area contributed by atoms with E-state index in [1.165, 1.54) is 5.56 Å². The van der Waals surface area contributed by atoms with Crippen LogP contribution in [0, 0.1) is 0 Å². The van der Waals surface area contributed by atoms with Crippen LogP contribution in [0.3, 0.4) is 0 Å². The van der Waals surface area contributed by atoms with Crippen molar-refractivity contribution >= 4 is 45.2 Å². The van der Waals surface area contributed by atoms with Crippen molar-refractivity contribution in [2.45, 2.75) is 31.7 Å². The van der Waals surface area contributed by atoms with E-state index in [0.717, 1.165) is 47.7 Å². The number of amides is 2. The van der Waals surface area contributed by atoms with Crippen LogP contribution in [-0.2, 0) is 6.54 Å². The number of carbonyl (C=O) groups is 2. The predicted molar refractivity (Wildman–Crippen MR) is 138 cm³/mol. The Morgan fingerprint density at radius 2 is 1.83 bits per heavy atom. The fraction of sp³-hybridized carbons (Fsp3) is 0.286. The van der Waals surface area contributed by atoms with Gasteiger partial charge in [0, 0.05) is 46.6 Å². The molecule has 35 heavy (non-hydrogen) atoms. The Kier molecular flexibility index (Phi) is 5.60. The van der Waals surface area contributed by atoms with Gasteiger partial charge in [-0.3, -0.25) is 14.9 Å². The third-order valence-corrected chi connectivity index (χ3v) is 7.66. The quantitative estimate of drug-likeness (QED) is 0.351. The van der Waals surface area contributed by atoms with Crippen molar-refractivity contribution in [3.63, 3.8) is 0 Å². The average molecular weight is 488 g/mol. The van der Waals surface area contributed by atoms with Crippen LogP contribution in [0.4, 0.5) is 0 Å². The number of aliphatic hydroxyl groups is 1. The monoisotopic (exact) mass is 487 g/mol. The fourth-order valence-corrected chi connectivity index (χ4v) is 5.95. The number of nitrogens with zero attached hydrogens (tertiary/aromatic N) is 1. The van der Waals surface area contributed by atoms with Gasteiger partial charge in [-0.1, -0.05) is 41.9 Å². The zero-order valence-corrected chi connectivity index (χ0v) is 20.0. The second-order valence-electron chi connectivity index (χ2n) is 9.38. The molecule has 7 heteroatoms. The molecule has 0 radical (unpaired) electrons. The standard InChI is InChI=1S/C28H26ClN3O3/c29-21-7-2-1-6-18(21)20-14-23-24(26-25(20)27(34)31-28(26)35)19-9-8-16(17-5-3-10-30-15-17)13-22(19)32(23)11-4-12-33/h1-2,6-9,13-14,17,30,33H,3-5,10-12,15H2,(H,31,34,35). The Hall–Kier alpha value is -3.19. The van der Waals surface area contributed by atoms with Crippen molar-refractivity contribution in [1.82, 2.24) is 15.2 Å². The molecule has 6 rings (SSSR count). The summed E-state index contributed by atoms with van der Waals surface area (Å²) in [6, 6.07) is 15.8. The molecule has 1 fully saturated rings. The highest BCUT2D eigenvalue weighted by Crippen LogP contribution is 2.42. The number of rotatable bonds is 5. The molecule has 3 heterocycles. The molecule has 2 aliphatic heterocycles. The molecule has 4 aromatic rings. The lowest BCUT2D eigenvalue weighted by atomic mass is 9.90. The largest absolute Gasteiger partial charge is 0.396 e. The van der Waals surface area contributed by atoms with Gasteiger partial charge in [0.05, 0.1) is 16.6 Å².